The van der Waals surface area contributed by atoms with Gasteiger partial charge in [-0.1, -0.05) is 12.1 Å². The van der Waals surface area contributed by atoms with E-state index < -0.39 is 0 Å². The maximum atomic E-state index is 12.6. The van der Waals surface area contributed by atoms with Crippen molar-refractivity contribution in [2.24, 2.45) is 5.92 Å². The van der Waals surface area contributed by atoms with Gasteiger partial charge in [-0.25, -0.2) is 9.97 Å². The number of rotatable bonds is 4. The van der Waals surface area contributed by atoms with E-state index >= 15 is 0 Å². The van der Waals surface area contributed by atoms with Crippen molar-refractivity contribution in [2.45, 2.75) is 25.7 Å². The highest BCUT2D eigenvalue weighted by atomic mass is 79.9. The fourth-order valence-electron chi connectivity index (χ4n) is 3.80. The summed E-state index contributed by atoms with van der Waals surface area (Å²) >= 11 is 3.48. The van der Waals surface area contributed by atoms with E-state index in [1.165, 1.54) is 12.8 Å². The normalized spacial score (nSPS) is 18.0. The van der Waals surface area contributed by atoms with Crippen LogP contribution in [-0.2, 0) is 4.79 Å². The van der Waals surface area contributed by atoms with E-state index in [-0.39, 0.29) is 11.8 Å². The largest absolute Gasteiger partial charge is 0.356 e. The number of nitrogens with one attached hydrogen (secondary N) is 1. The van der Waals surface area contributed by atoms with Crippen molar-refractivity contribution in [1.29, 1.82) is 0 Å². The van der Waals surface area contributed by atoms with Gasteiger partial charge in [0, 0.05) is 42.6 Å². The highest BCUT2D eigenvalue weighted by molar-refractivity contribution is 9.10. The Balaban J connectivity index is 1.35. The minimum atomic E-state index is 0.0354. The van der Waals surface area contributed by atoms with Gasteiger partial charge < -0.3 is 15.1 Å². The molecule has 0 radical (unpaired) electrons. The molecule has 2 saturated heterocycles. The summed E-state index contributed by atoms with van der Waals surface area (Å²) in [6.45, 7) is 3.83. The van der Waals surface area contributed by atoms with Crippen LogP contribution in [0.4, 0.5) is 17.3 Å². The van der Waals surface area contributed by atoms with Crippen molar-refractivity contribution in [3.05, 3.63) is 41.1 Å². The summed E-state index contributed by atoms with van der Waals surface area (Å²) in [4.78, 5) is 26.1. The molecule has 2 aromatic rings. The first-order chi connectivity index (χ1) is 13.2. The van der Waals surface area contributed by atoms with E-state index in [0.29, 0.717) is 0 Å². The summed E-state index contributed by atoms with van der Waals surface area (Å²) < 4.78 is 0.909. The lowest BCUT2D eigenvalue weighted by molar-refractivity contribution is -0.120. The van der Waals surface area contributed by atoms with Gasteiger partial charge in [-0.2, -0.15) is 0 Å². The number of hydrogen-bond acceptors (Lipinski definition) is 5. The number of aromatic nitrogens is 2. The Morgan fingerprint density at radius 3 is 2.30 bits per heavy atom. The zero-order valence-electron chi connectivity index (χ0n) is 15.3. The molecule has 4 rings (SSSR count). The molecule has 1 amide bonds. The van der Waals surface area contributed by atoms with Crippen LogP contribution < -0.4 is 15.1 Å². The first kappa shape index (κ1) is 18.2. The SMILES string of the molecule is O=C(Nc1ccccc1Br)C1CCN(c2cc(N3CCCC3)ncn2)CC1. The molecule has 1 N–H and O–H groups in total. The summed E-state index contributed by atoms with van der Waals surface area (Å²) in [7, 11) is 0. The van der Waals surface area contributed by atoms with Crippen molar-refractivity contribution in [3.8, 4) is 0 Å². The maximum absolute atomic E-state index is 12.6. The molecular weight excluding hydrogens is 406 g/mol. The second-order valence-electron chi connectivity index (χ2n) is 7.16. The molecule has 27 heavy (non-hydrogen) atoms. The molecule has 0 spiro atoms. The third-order valence-electron chi connectivity index (χ3n) is 5.39. The lowest BCUT2D eigenvalue weighted by atomic mass is 9.96. The summed E-state index contributed by atoms with van der Waals surface area (Å²) in [6, 6.07) is 9.81. The standard InChI is InChI=1S/C20H24BrN5O/c21-16-5-1-2-6-17(16)24-20(27)15-7-11-26(12-8-15)19-13-18(22-14-23-19)25-9-3-4-10-25/h1-2,5-6,13-15H,3-4,7-12H2,(H,24,27). The molecule has 142 valence electrons. The number of piperidine rings is 1. The van der Waals surface area contributed by atoms with E-state index in [0.717, 1.165) is 60.8 Å². The monoisotopic (exact) mass is 429 g/mol. The van der Waals surface area contributed by atoms with E-state index in [9.17, 15) is 4.79 Å². The quantitative estimate of drug-likeness (QED) is 0.802. The molecule has 0 atom stereocenters. The number of carbonyl (C=O) groups excluding carboxylic acids is 1. The average Bonchev–Trinajstić information content (AvgIpc) is 3.25. The highest BCUT2D eigenvalue weighted by Gasteiger charge is 2.26. The predicted octanol–water partition coefficient (Wildman–Crippen LogP) is 3.69. The lowest BCUT2D eigenvalue weighted by Crippen LogP contribution is -2.38. The molecule has 2 aliphatic heterocycles. The van der Waals surface area contributed by atoms with E-state index in [1.54, 1.807) is 6.33 Å². The fourth-order valence-corrected chi connectivity index (χ4v) is 4.18. The van der Waals surface area contributed by atoms with Crippen molar-refractivity contribution in [3.63, 3.8) is 0 Å². The van der Waals surface area contributed by atoms with Crippen LogP contribution in [0.5, 0.6) is 0 Å². The number of halogens is 1. The van der Waals surface area contributed by atoms with Crippen LogP contribution in [0.25, 0.3) is 0 Å². The van der Waals surface area contributed by atoms with Crippen LogP contribution in [0.15, 0.2) is 41.1 Å². The molecule has 0 bridgehead atoms. The Labute approximate surface area is 168 Å². The third-order valence-corrected chi connectivity index (χ3v) is 6.08. The maximum Gasteiger partial charge on any atom is 0.227 e. The number of para-hydroxylation sites is 1. The summed E-state index contributed by atoms with van der Waals surface area (Å²) in [5.74, 6) is 2.12. The Kier molecular flexibility index (Phi) is 5.57. The predicted molar refractivity (Wildman–Crippen MR) is 111 cm³/mol. The van der Waals surface area contributed by atoms with Gasteiger partial charge in [0.15, 0.2) is 0 Å². The van der Waals surface area contributed by atoms with E-state index in [2.05, 4.69) is 47.1 Å². The van der Waals surface area contributed by atoms with Crippen molar-refractivity contribution >= 4 is 39.2 Å². The summed E-state index contributed by atoms with van der Waals surface area (Å²) in [5, 5.41) is 3.04. The van der Waals surface area contributed by atoms with E-state index in [1.807, 2.05) is 24.3 Å². The van der Waals surface area contributed by atoms with Crippen LogP contribution in [0.2, 0.25) is 0 Å². The van der Waals surface area contributed by atoms with E-state index in [4.69, 9.17) is 0 Å². The van der Waals surface area contributed by atoms with Gasteiger partial charge in [-0.3, -0.25) is 4.79 Å². The first-order valence-electron chi connectivity index (χ1n) is 9.58. The lowest BCUT2D eigenvalue weighted by Gasteiger charge is -2.32. The Morgan fingerprint density at radius 1 is 1.00 bits per heavy atom. The molecule has 0 aliphatic carbocycles. The third kappa shape index (κ3) is 4.24. The summed E-state index contributed by atoms with van der Waals surface area (Å²) in [6.07, 6.45) is 5.79. The molecule has 1 aromatic heterocycles. The Hall–Kier alpha value is -2.15. The number of amides is 1. The number of nitrogens with zero attached hydrogens (tertiary/aromatic N) is 4. The van der Waals surface area contributed by atoms with Crippen LogP contribution in [0.1, 0.15) is 25.7 Å². The number of benzene rings is 1. The minimum absolute atomic E-state index is 0.0354. The van der Waals surface area contributed by atoms with Crippen LogP contribution in [0, 0.1) is 5.92 Å². The molecular formula is C20H24BrN5O. The van der Waals surface area contributed by atoms with Crippen LogP contribution in [-0.4, -0.2) is 42.1 Å². The molecule has 0 saturated carbocycles. The number of carbonyl (C=O) groups is 1. The topological polar surface area (TPSA) is 61.4 Å². The second-order valence-corrected chi connectivity index (χ2v) is 8.01. The van der Waals surface area contributed by atoms with Crippen molar-refractivity contribution in [1.82, 2.24) is 9.97 Å². The highest BCUT2D eigenvalue weighted by Crippen LogP contribution is 2.27. The number of hydrogen-bond donors (Lipinski definition) is 1. The van der Waals surface area contributed by atoms with Gasteiger partial charge in [0.25, 0.3) is 0 Å². The van der Waals surface area contributed by atoms with Crippen LogP contribution >= 0.6 is 15.9 Å². The Bertz CT molecular complexity index is 800. The van der Waals surface area contributed by atoms with Gasteiger partial charge in [-0.05, 0) is 53.7 Å². The fraction of sp³-hybridized carbons (Fsp3) is 0.450. The van der Waals surface area contributed by atoms with Gasteiger partial charge in [0.05, 0.1) is 5.69 Å². The van der Waals surface area contributed by atoms with Crippen LogP contribution in [0.3, 0.4) is 0 Å². The second kappa shape index (κ2) is 8.25. The number of anilines is 3. The van der Waals surface area contributed by atoms with Crippen molar-refractivity contribution in [2.75, 3.05) is 41.3 Å². The average molecular weight is 430 g/mol. The molecule has 6 nitrogen and oxygen atoms in total. The van der Waals surface area contributed by atoms with Gasteiger partial charge >= 0.3 is 0 Å². The molecule has 2 fully saturated rings. The summed E-state index contributed by atoms with van der Waals surface area (Å²) in [5.41, 5.74) is 0.830. The van der Waals surface area contributed by atoms with Gasteiger partial charge in [0.1, 0.15) is 18.0 Å². The van der Waals surface area contributed by atoms with Crippen molar-refractivity contribution < 1.29 is 4.79 Å². The molecule has 2 aliphatic rings. The Morgan fingerprint density at radius 2 is 1.63 bits per heavy atom. The zero-order valence-corrected chi connectivity index (χ0v) is 16.9. The minimum Gasteiger partial charge on any atom is -0.356 e. The molecule has 7 heteroatoms. The molecule has 1 aromatic carbocycles. The van der Waals surface area contributed by atoms with Gasteiger partial charge in [-0.15, -0.1) is 0 Å². The molecule has 3 heterocycles. The molecule has 0 unspecified atom stereocenters. The van der Waals surface area contributed by atoms with Gasteiger partial charge in [0.2, 0.25) is 5.91 Å². The smallest absolute Gasteiger partial charge is 0.227 e. The first-order valence-corrected chi connectivity index (χ1v) is 10.4. The zero-order chi connectivity index (χ0) is 18.6.